The van der Waals surface area contributed by atoms with Gasteiger partial charge >= 0.3 is 5.97 Å². The van der Waals surface area contributed by atoms with E-state index < -0.39 is 32.5 Å². The Labute approximate surface area is 413 Å². The predicted octanol–water partition coefficient (Wildman–Crippen LogP) is 15.5. The third-order valence-corrected chi connectivity index (χ3v) is 12.6. The van der Waals surface area contributed by atoms with Crippen LogP contribution in [0.1, 0.15) is 226 Å². The fourth-order valence-corrected chi connectivity index (χ4v) is 8.05. The van der Waals surface area contributed by atoms with Crippen LogP contribution < -0.4 is 10.2 Å². The molecule has 3 unspecified atom stereocenters. The van der Waals surface area contributed by atoms with Crippen LogP contribution >= 0.6 is 7.82 Å². The molecule has 0 aliphatic rings. The lowest BCUT2D eigenvalue weighted by atomic mass is 10.1. The number of amides is 1. The highest BCUT2D eigenvalue weighted by Crippen LogP contribution is 2.38. The van der Waals surface area contributed by atoms with Gasteiger partial charge in [-0.2, -0.15) is 0 Å². The average Bonchev–Trinajstić information content (AvgIpc) is 3.28. The number of quaternary nitrogens is 1. The first kappa shape index (κ1) is 64.5. The van der Waals surface area contributed by atoms with E-state index in [9.17, 15) is 19.0 Å². The smallest absolute Gasteiger partial charge is 0.306 e. The molecule has 0 bridgehead atoms. The maximum atomic E-state index is 13.4. The van der Waals surface area contributed by atoms with Crippen molar-refractivity contribution in [3.63, 3.8) is 0 Å². The number of hydrogen-bond donors (Lipinski definition) is 1. The Morgan fingerprint density at radius 1 is 0.522 bits per heavy atom. The van der Waals surface area contributed by atoms with Gasteiger partial charge in [0.15, 0.2) is 0 Å². The van der Waals surface area contributed by atoms with Crippen LogP contribution in [0.25, 0.3) is 0 Å². The molecular weight excluding hydrogens is 856 g/mol. The van der Waals surface area contributed by atoms with Gasteiger partial charge in [-0.1, -0.05) is 190 Å². The van der Waals surface area contributed by atoms with E-state index in [0.717, 1.165) is 70.6 Å². The van der Waals surface area contributed by atoms with Crippen LogP contribution in [0.5, 0.6) is 0 Å². The molecule has 1 N–H and O–H groups in total. The summed E-state index contributed by atoms with van der Waals surface area (Å²) in [6.45, 7) is 6.73. The standard InChI is InChI=1S/C57H103N2O7P/c1-7-10-13-16-19-22-25-27-28-29-30-32-35-38-41-44-47-50-57(61)66-55(48-45-42-39-36-33-24-21-18-15-12-9-3)54(53-65-67(62,63)64-52-51-59(4,5)6)58-56(60)49-46-43-40-37-34-31-26-23-20-17-14-11-8-2/h19,22,27-28,30-32,34,38,41,45,48,54-55H,7-18,20-21,23-26,29,33,35-37,39-40,42-44,46-47,49-53H2,1-6H3,(H-,58,60,62,63)/b22-19-,28-27-,32-30-,34-31-,41-38-,48-45+. The van der Waals surface area contributed by atoms with Crippen LogP contribution in [-0.2, 0) is 27.9 Å². The highest BCUT2D eigenvalue weighted by atomic mass is 31.2. The Morgan fingerprint density at radius 3 is 1.43 bits per heavy atom. The zero-order valence-electron chi connectivity index (χ0n) is 44.1. The summed E-state index contributed by atoms with van der Waals surface area (Å²) < 4.78 is 30.1. The lowest BCUT2D eigenvalue weighted by molar-refractivity contribution is -0.870. The molecular formula is C57H103N2O7P. The van der Waals surface area contributed by atoms with Crippen molar-refractivity contribution in [1.29, 1.82) is 0 Å². The van der Waals surface area contributed by atoms with Crippen LogP contribution in [0.15, 0.2) is 72.9 Å². The molecule has 0 spiro atoms. The molecule has 0 aromatic rings. The fourth-order valence-electron chi connectivity index (χ4n) is 7.33. The normalized spacial score (nSPS) is 14.4. The van der Waals surface area contributed by atoms with E-state index in [1.165, 1.54) is 109 Å². The van der Waals surface area contributed by atoms with Gasteiger partial charge in [-0.05, 0) is 96.0 Å². The zero-order chi connectivity index (χ0) is 49.4. The molecule has 0 aliphatic heterocycles. The zero-order valence-corrected chi connectivity index (χ0v) is 45.0. The van der Waals surface area contributed by atoms with Crippen molar-refractivity contribution in [1.82, 2.24) is 5.32 Å². The van der Waals surface area contributed by atoms with Crippen LogP contribution in [0.2, 0.25) is 0 Å². The minimum atomic E-state index is -4.71. The summed E-state index contributed by atoms with van der Waals surface area (Å²) in [5.41, 5.74) is 0. The van der Waals surface area contributed by atoms with Gasteiger partial charge in [0.2, 0.25) is 5.91 Å². The molecule has 1 amide bonds. The molecule has 0 saturated carbocycles. The number of likely N-dealkylation sites (N-methyl/N-ethyl adjacent to an activating group) is 1. The van der Waals surface area contributed by atoms with E-state index in [-0.39, 0.29) is 25.4 Å². The summed E-state index contributed by atoms with van der Waals surface area (Å²) in [5, 5.41) is 2.98. The molecule has 0 saturated heterocycles. The number of nitrogens with one attached hydrogen (secondary N) is 1. The molecule has 67 heavy (non-hydrogen) atoms. The molecule has 0 fully saturated rings. The third-order valence-electron chi connectivity index (χ3n) is 11.6. The van der Waals surface area contributed by atoms with Crippen molar-refractivity contribution in [2.24, 2.45) is 0 Å². The van der Waals surface area contributed by atoms with Crippen molar-refractivity contribution in [2.45, 2.75) is 238 Å². The molecule has 10 heteroatoms. The molecule has 0 aromatic heterocycles. The van der Waals surface area contributed by atoms with Crippen molar-refractivity contribution in [2.75, 3.05) is 40.9 Å². The van der Waals surface area contributed by atoms with Gasteiger partial charge in [-0.3, -0.25) is 14.2 Å². The van der Waals surface area contributed by atoms with Crippen LogP contribution in [0, 0.1) is 0 Å². The summed E-state index contributed by atoms with van der Waals surface area (Å²) >= 11 is 0. The Balaban J connectivity index is 5.49. The van der Waals surface area contributed by atoms with Gasteiger partial charge in [0.1, 0.15) is 19.3 Å². The molecule has 9 nitrogen and oxygen atoms in total. The van der Waals surface area contributed by atoms with Crippen molar-refractivity contribution in [3.05, 3.63) is 72.9 Å². The number of phosphoric acid groups is 1. The monoisotopic (exact) mass is 959 g/mol. The average molecular weight is 959 g/mol. The minimum absolute atomic E-state index is 0.0357. The Bertz CT molecular complexity index is 1380. The number of carbonyl (C=O) groups is 2. The Hall–Kier alpha value is -2.55. The van der Waals surface area contributed by atoms with Gasteiger partial charge in [-0.25, -0.2) is 0 Å². The second kappa shape index (κ2) is 47.1. The number of ether oxygens (including phenoxy) is 1. The van der Waals surface area contributed by atoms with E-state index in [2.05, 4.69) is 86.8 Å². The molecule has 0 radical (unpaired) electrons. The topological polar surface area (TPSA) is 114 Å². The van der Waals surface area contributed by atoms with Crippen LogP contribution in [0.3, 0.4) is 0 Å². The number of esters is 1. The number of unbranched alkanes of at least 4 members (excludes halogenated alkanes) is 22. The van der Waals surface area contributed by atoms with E-state index >= 15 is 0 Å². The van der Waals surface area contributed by atoms with Crippen LogP contribution in [0.4, 0.5) is 0 Å². The molecule has 388 valence electrons. The Morgan fingerprint density at radius 2 is 0.925 bits per heavy atom. The summed E-state index contributed by atoms with van der Waals surface area (Å²) in [6, 6.07) is -0.918. The SMILES string of the molecule is CCCCC/C=C\C/C=C\C/C=C\C/C=C\CCCC(=O)OC(/C=C/CCCCCCCCCCC)C(COP(=O)([O-])OCC[N+](C)(C)C)NC(=O)CCCCC/C=C\CCCCCCCC. The number of rotatable bonds is 48. The Kier molecular flexibility index (Phi) is 45.3. The molecule has 3 atom stereocenters. The number of phosphoric ester groups is 1. The number of carbonyl (C=O) groups excluding carboxylic acids is 2. The fraction of sp³-hybridized carbons (Fsp3) is 0.754. The van der Waals surface area contributed by atoms with E-state index in [1.807, 2.05) is 27.2 Å². The minimum Gasteiger partial charge on any atom is -0.756 e. The van der Waals surface area contributed by atoms with Crippen molar-refractivity contribution < 1.29 is 37.3 Å². The van der Waals surface area contributed by atoms with Gasteiger partial charge < -0.3 is 28.5 Å². The summed E-state index contributed by atoms with van der Waals surface area (Å²) in [5.74, 6) is -0.630. The predicted molar refractivity (Wildman–Crippen MR) is 284 cm³/mol. The van der Waals surface area contributed by atoms with Gasteiger partial charge in [0.05, 0.1) is 33.8 Å². The maximum absolute atomic E-state index is 13.4. The second-order valence-corrected chi connectivity index (χ2v) is 20.8. The van der Waals surface area contributed by atoms with E-state index in [4.69, 9.17) is 13.8 Å². The second-order valence-electron chi connectivity index (χ2n) is 19.4. The number of allylic oxidation sites excluding steroid dienone is 11. The quantitative estimate of drug-likeness (QED) is 0.0212. The maximum Gasteiger partial charge on any atom is 0.306 e. The highest BCUT2D eigenvalue weighted by molar-refractivity contribution is 7.45. The summed E-state index contributed by atoms with van der Waals surface area (Å²) in [7, 11) is 1.14. The number of nitrogens with zero attached hydrogens (tertiary/aromatic N) is 1. The van der Waals surface area contributed by atoms with Gasteiger partial charge in [0, 0.05) is 12.8 Å². The van der Waals surface area contributed by atoms with Crippen molar-refractivity contribution >= 4 is 19.7 Å². The molecule has 0 heterocycles. The van der Waals surface area contributed by atoms with Gasteiger partial charge in [0.25, 0.3) is 7.82 Å². The van der Waals surface area contributed by atoms with Gasteiger partial charge in [-0.15, -0.1) is 0 Å². The van der Waals surface area contributed by atoms with Crippen LogP contribution in [-0.4, -0.2) is 69.4 Å². The van der Waals surface area contributed by atoms with E-state index in [0.29, 0.717) is 23.9 Å². The molecule has 0 aromatic carbocycles. The highest BCUT2D eigenvalue weighted by Gasteiger charge is 2.27. The lowest BCUT2D eigenvalue weighted by Gasteiger charge is -2.30. The molecule has 0 rings (SSSR count). The number of hydrogen-bond acceptors (Lipinski definition) is 7. The first-order valence-electron chi connectivity index (χ1n) is 27.2. The largest absolute Gasteiger partial charge is 0.756 e. The summed E-state index contributed by atoms with van der Waals surface area (Å²) in [6.07, 6.45) is 58.7. The van der Waals surface area contributed by atoms with Crippen molar-refractivity contribution in [3.8, 4) is 0 Å². The molecule has 0 aliphatic carbocycles. The first-order chi connectivity index (χ1) is 32.4. The summed E-state index contributed by atoms with van der Waals surface area (Å²) in [4.78, 5) is 39.7. The first-order valence-corrected chi connectivity index (χ1v) is 28.7. The van der Waals surface area contributed by atoms with E-state index in [1.54, 1.807) is 6.08 Å². The third kappa shape index (κ3) is 48.3. The lowest BCUT2D eigenvalue weighted by Crippen LogP contribution is -2.47.